The third-order valence-electron chi connectivity index (χ3n) is 6.02. The summed E-state index contributed by atoms with van der Waals surface area (Å²) in [6.07, 6.45) is 4.04. The first kappa shape index (κ1) is 15.8. The highest BCUT2D eigenvalue weighted by Crippen LogP contribution is 2.37. The lowest BCUT2D eigenvalue weighted by Gasteiger charge is -2.33. The van der Waals surface area contributed by atoms with Gasteiger partial charge in [0.05, 0.1) is 0 Å². The maximum atomic E-state index is 12.9. The number of hydrogen-bond donors (Lipinski definition) is 1. The van der Waals surface area contributed by atoms with E-state index in [0.29, 0.717) is 11.8 Å². The van der Waals surface area contributed by atoms with Gasteiger partial charge in [-0.3, -0.25) is 4.79 Å². The van der Waals surface area contributed by atoms with Crippen molar-refractivity contribution in [1.82, 2.24) is 14.8 Å². The molecule has 2 aliphatic heterocycles. The Labute approximate surface area is 143 Å². The number of carbonyl (C=O) groups excluding carboxylic acids is 1. The zero-order valence-corrected chi connectivity index (χ0v) is 14.4. The summed E-state index contributed by atoms with van der Waals surface area (Å²) in [5.74, 6) is 2.15. The van der Waals surface area contributed by atoms with Gasteiger partial charge in [-0.25, -0.2) is 4.98 Å². The van der Waals surface area contributed by atoms with Crippen molar-refractivity contribution in [3.63, 3.8) is 0 Å². The van der Waals surface area contributed by atoms with Crippen LogP contribution in [0.4, 0.5) is 5.82 Å². The number of anilines is 1. The lowest BCUT2D eigenvalue weighted by atomic mass is 9.98. The van der Waals surface area contributed by atoms with Crippen LogP contribution in [-0.4, -0.2) is 73.0 Å². The minimum absolute atomic E-state index is 0.134. The van der Waals surface area contributed by atoms with Gasteiger partial charge >= 0.3 is 0 Å². The zero-order chi connectivity index (χ0) is 16.7. The Balaban J connectivity index is 1.46. The molecule has 3 atom stereocenters. The highest BCUT2D eigenvalue weighted by molar-refractivity contribution is 5.95. The van der Waals surface area contributed by atoms with Gasteiger partial charge in [0.25, 0.3) is 5.91 Å². The molecular formula is C18H27N5O. The molecule has 4 rings (SSSR count). The van der Waals surface area contributed by atoms with Gasteiger partial charge in [0, 0.05) is 57.1 Å². The minimum Gasteiger partial charge on any atom is -0.354 e. The number of nitrogens with two attached hydrogens (primary N) is 1. The van der Waals surface area contributed by atoms with Crippen molar-refractivity contribution in [3.8, 4) is 0 Å². The summed E-state index contributed by atoms with van der Waals surface area (Å²) in [6, 6.07) is 4.07. The lowest BCUT2D eigenvalue weighted by Crippen LogP contribution is -2.44. The summed E-state index contributed by atoms with van der Waals surface area (Å²) in [5.41, 5.74) is 6.95. The number of pyridine rings is 1. The van der Waals surface area contributed by atoms with Crippen molar-refractivity contribution < 1.29 is 4.79 Å². The van der Waals surface area contributed by atoms with Crippen molar-refractivity contribution >= 4 is 11.7 Å². The van der Waals surface area contributed by atoms with E-state index in [9.17, 15) is 4.79 Å². The van der Waals surface area contributed by atoms with E-state index in [1.807, 2.05) is 17.0 Å². The van der Waals surface area contributed by atoms with E-state index in [4.69, 9.17) is 5.73 Å². The van der Waals surface area contributed by atoms with E-state index >= 15 is 0 Å². The fourth-order valence-electron chi connectivity index (χ4n) is 4.42. The molecule has 24 heavy (non-hydrogen) atoms. The van der Waals surface area contributed by atoms with Gasteiger partial charge in [0.15, 0.2) is 0 Å². The second-order valence-corrected chi connectivity index (χ2v) is 7.57. The average molecular weight is 329 g/mol. The van der Waals surface area contributed by atoms with Crippen LogP contribution in [0.25, 0.3) is 0 Å². The number of fused-ring (bicyclic) bond motifs is 1. The maximum Gasteiger partial charge on any atom is 0.254 e. The summed E-state index contributed by atoms with van der Waals surface area (Å²) in [5, 5.41) is 0. The Morgan fingerprint density at radius 1 is 1.21 bits per heavy atom. The number of piperazine rings is 1. The summed E-state index contributed by atoms with van der Waals surface area (Å²) >= 11 is 0. The summed E-state index contributed by atoms with van der Waals surface area (Å²) < 4.78 is 0. The van der Waals surface area contributed by atoms with Crippen LogP contribution < -0.4 is 10.6 Å². The first-order chi connectivity index (χ1) is 11.6. The third kappa shape index (κ3) is 2.89. The van der Waals surface area contributed by atoms with Crippen molar-refractivity contribution in [2.75, 3.05) is 51.2 Å². The number of carbonyl (C=O) groups is 1. The molecule has 0 aromatic carbocycles. The number of likely N-dealkylation sites (N-methyl/N-ethyl adjacent to an activating group) is 1. The highest BCUT2D eigenvalue weighted by Gasteiger charge is 2.42. The van der Waals surface area contributed by atoms with Crippen LogP contribution in [0.3, 0.4) is 0 Å². The maximum absolute atomic E-state index is 12.9. The number of amides is 1. The van der Waals surface area contributed by atoms with Crippen LogP contribution in [-0.2, 0) is 0 Å². The number of rotatable bonds is 2. The van der Waals surface area contributed by atoms with Gasteiger partial charge < -0.3 is 20.4 Å². The van der Waals surface area contributed by atoms with Gasteiger partial charge in [-0.15, -0.1) is 0 Å². The van der Waals surface area contributed by atoms with Gasteiger partial charge in [0.2, 0.25) is 0 Å². The highest BCUT2D eigenvalue weighted by atomic mass is 16.2. The molecule has 130 valence electrons. The standard InChI is InChI=1S/C18H27N5O/c1-21-6-8-22(9-7-21)17-10-13(4-5-20-17)18(24)23-11-14-2-3-16(19)15(14)12-23/h4-5,10,14-16H,2-3,6-9,11-12,19H2,1H3. The van der Waals surface area contributed by atoms with Crippen molar-refractivity contribution in [2.24, 2.45) is 17.6 Å². The van der Waals surface area contributed by atoms with E-state index in [0.717, 1.165) is 57.1 Å². The second-order valence-electron chi connectivity index (χ2n) is 7.57. The van der Waals surface area contributed by atoms with Gasteiger partial charge in [-0.1, -0.05) is 0 Å². The summed E-state index contributed by atoms with van der Waals surface area (Å²) in [4.78, 5) is 24.0. The van der Waals surface area contributed by atoms with E-state index < -0.39 is 0 Å². The fraction of sp³-hybridized carbons (Fsp3) is 0.667. The van der Waals surface area contributed by atoms with Crippen molar-refractivity contribution in [3.05, 3.63) is 23.9 Å². The number of nitrogens with zero attached hydrogens (tertiary/aromatic N) is 4. The Morgan fingerprint density at radius 3 is 2.75 bits per heavy atom. The third-order valence-corrected chi connectivity index (χ3v) is 6.02. The quantitative estimate of drug-likeness (QED) is 0.863. The normalized spacial score (nSPS) is 30.7. The molecule has 0 radical (unpaired) electrons. The summed E-state index contributed by atoms with van der Waals surface area (Å²) in [6.45, 7) is 5.67. The van der Waals surface area contributed by atoms with E-state index in [-0.39, 0.29) is 11.9 Å². The molecule has 3 heterocycles. The molecule has 3 fully saturated rings. The lowest BCUT2D eigenvalue weighted by molar-refractivity contribution is 0.0779. The van der Waals surface area contributed by atoms with Crippen LogP contribution in [0.15, 0.2) is 18.3 Å². The molecule has 1 aromatic heterocycles. The predicted octanol–water partition coefficient (Wildman–Crippen LogP) is 0.643. The molecule has 1 aromatic rings. The SMILES string of the molecule is CN1CCN(c2cc(C(=O)N3CC4CCC(N)C4C3)ccn2)CC1. The monoisotopic (exact) mass is 329 g/mol. The Bertz CT molecular complexity index is 613. The Morgan fingerprint density at radius 2 is 2.00 bits per heavy atom. The number of aromatic nitrogens is 1. The molecule has 6 heteroatoms. The largest absolute Gasteiger partial charge is 0.354 e. The Hall–Kier alpha value is -1.66. The topological polar surface area (TPSA) is 65.7 Å². The summed E-state index contributed by atoms with van der Waals surface area (Å²) in [7, 11) is 2.14. The molecular weight excluding hydrogens is 302 g/mol. The van der Waals surface area contributed by atoms with Crippen molar-refractivity contribution in [1.29, 1.82) is 0 Å². The first-order valence-corrected chi connectivity index (χ1v) is 9.06. The van der Waals surface area contributed by atoms with Gasteiger partial charge in [0.1, 0.15) is 5.82 Å². The fourth-order valence-corrected chi connectivity index (χ4v) is 4.42. The first-order valence-electron chi connectivity index (χ1n) is 9.06. The zero-order valence-electron chi connectivity index (χ0n) is 14.4. The van der Waals surface area contributed by atoms with Crippen LogP contribution in [0.1, 0.15) is 23.2 Å². The molecule has 0 spiro atoms. The van der Waals surface area contributed by atoms with Crippen LogP contribution in [0, 0.1) is 11.8 Å². The van der Waals surface area contributed by atoms with Crippen molar-refractivity contribution in [2.45, 2.75) is 18.9 Å². The molecule has 1 saturated carbocycles. The average Bonchev–Trinajstić information content (AvgIpc) is 3.17. The second kappa shape index (κ2) is 6.33. The molecule has 2 N–H and O–H groups in total. The molecule has 6 nitrogen and oxygen atoms in total. The molecule has 0 bridgehead atoms. The van der Waals surface area contributed by atoms with Crippen LogP contribution in [0.2, 0.25) is 0 Å². The van der Waals surface area contributed by atoms with Gasteiger partial charge in [-0.05, 0) is 43.9 Å². The van der Waals surface area contributed by atoms with E-state index in [2.05, 4.69) is 21.8 Å². The number of hydrogen-bond acceptors (Lipinski definition) is 5. The van der Waals surface area contributed by atoms with Gasteiger partial charge in [-0.2, -0.15) is 0 Å². The Kier molecular flexibility index (Phi) is 4.18. The molecule has 1 aliphatic carbocycles. The predicted molar refractivity (Wildman–Crippen MR) is 94.0 cm³/mol. The molecule has 3 aliphatic rings. The van der Waals surface area contributed by atoms with Crippen LogP contribution >= 0.6 is 0 Å². The van der Waals surface area contributed by atoms with E-state index in [1.54, 1.807) is 6.20 Å². The molecule has 3 unspecified atom stereocenters. The minimum atomic E-state index is 0.134. The van der Waals surface area contributed by atoms with Crippen LogP contribution in [0.5, 0.6) is 0 Å². The van der Waals surface area contributed by atoms with E-state index in [1.165, 1.54) is 6.42 Å². The molecule has 2 saturated heterocycles. The molecule has 1 amide bonds. The smallest absolute Gasteiger partial charge is 0.254 e. The number of likely N-dealkylation sites (tertiary alicyclic amines) is 1.